The van der Waals surface area contributed by atoms with E-state index in [4.69, 9.17) is 0 Å². The highest BCUT2D eigenvalue weighted by atomic mass is 32.1. The lowest BCUT2D eigenvalue weighted by atomic mass is 10.1. The first-order valence-corrected chi connectivity index (χ1v) is 9.02. The minimum Gasteiger partial charge on any atom is -0.395 e. The molecule has 1 unspecified atom stereocenters. The average Bonchev–Trinajstić information content (AvgIpc) is 3.29. The van der Waals surface area contributed by atoms with Crippen LogP contribution in [-0.4, -0.2) is 69.9 Å². The van der Waals surface area contributed by atoms with Gasteiger partial charge in [0.15, 0.2) is 0 Å². The standard InChI is InChI=1S/C16H20N4O3S/c21-9-16(2-3-16)15(23)20-5-4-19(7-11(22)8-20)13-12-1-6-24-14(12)18-10-17-13/h1,6,10-11,21-22H,2-5,7-9H2. The number of fused-ring (bicyclic) bond motifs is 1. The van der Waals surface area contributed by atoms with Crippen LogP contribution in [0, 0.1) is 5.41 Å². The highest BCUT2D eigenvalue weighted by Gasteiger charge is 2.51. The maximum absolute atomic E-state index is 12.6. The van der Waals surface area contributed by atoms with Gasteiger partial charge in [0.05, 0.1) is 23.5 Å². The molecule has 0 aromatic carbocycles. The zero-order valence-corrected chi connectivity index (χ0v) is 14.1. The normalized spacial score (nSPS) is 23.3. The average molecular weight is 348 g/mol. The molecular formula is C16H20N4O3S. The molecule has 0 radical (unpaired) electrons. The Morgan fingerprint density at radius 1 is 1.33 bits per heavy atom. The van der Waals surface area contributed by atoms with Crippen LogP contribution < -0.4 is 4.90 Å². The van der Waals surface area contributed by atoms with Crippen LogP contribution in [-0.2, 0) is 4.79 Å². The monoisotopic (exact) mass is 348 g/mol. The number of carbonyl (C=O) groups is 1. The van der Waals surface area contributed by atoms with Crippen molar-refractivity contribution in [2.75, 3.05) is 37.7 Å². The van der Waals surface area contributed by atoms with Gasteiger partial charge >= 0.3 is 0 Å². The van der Waals surface area contributed by atoms with Crippen molar-refractivity contribution in [3.05, 3.63) is 17.8 Å². The molecule has 1 amide bonds. The molecule has 2 N–H and O–H groups in total. The first-order chi connectivity index (χ1) is 11.6. The number of aliphatic hydroxyl groups excluding tert-OH is 2. The number of carbonyl (C=O) groups excluding carboxylic acids is 1. The Hall–Kier alpha value is -1.77. The molecule has 1 aliphatic heterocycles. The van der Waals surface area contributed by atoms with Gasteiger partial charge in [0, 0.05) is 26.2 Å². The summed E-state index contributed by atoms with van der Waals surface area (Å²) in [6.45, 7) is 1.75. The fourth-order valence-electron chi connectivity index (χ4n) is 3.32. The van der Waals surface area contributed by atoms with E-state index >= 15 is 0 Å². The maximum atomic E-state index is 12.6. The second kappa shape index (κ2) is 5.94. The summed E-state index contributed by atoms with van der Waals surface area (Å²) in [4.78, 5) is 25.9. The summed E-state index contributed by atoms with van der Waals surface area (Å²) < 4.78 is 0. The molecule has 2 aromatic heterocycles. The van der Waals surface area contributed by atoms with Crippen LogP contribution in [0.2, 0.25) is 0 Å². The van der Waals surface area contributed by atoms with Gasteiger partial charge < -0.3 is 20.0 Å². The van der Waals surface area contributed by atoms with Gasteiger partial charge in [-0.2, -0.15) is 0 Å². The van der Waals surface area contributed by atoms with E-state index in [-0.39, 0.29) is 12.5 Å². The van der Waals surface area contributed by atoms with Gasteiger partial charge in [-0.25, -0.2) is 9.97 Å². The van der Waals surface area contributed by atoms with Crippen LogP contribution in [0.4, 0.5) is 5.82 Å². The van der Waals surface area contributed by atoms with Crippen LogP contribution in [0.3, 0.4) is 0 Å². The van der Waals surface area contributed by atoms with Crippen LogP contribution in [0.25, 0.3) is 10.2 Å². The Balaban J connectivity index is 1.56. The molecule has 1 saturated heterocycles. The number of β-amino-alcohol motifs (C(OH)–C–C–N with tert-alkyl or cyclic N) is 1. The Labute approximate surface area is 143 Å². The minimum atomic E-state index is -0.644. The van der Waals surface area contributed by atoms with Gasteiger partial charge in [-0.3, -0.25) is 4.79 Å². The lowest BCUT2D eigenvalue weighted by molar-refractivity contribution is -0.139. The van der Waals surface area contributed by atoms with E-state index in [9.17, 15) is 15.0 Å². The molecule has 7 nitrogen and oxygen atoms in total. The molecule has 24 heavy (non-hydrogen) atoms. The Bertz CT molecular complexity index is 761. The SMILES string of the molecule is O=C(N1CCN(c2ncnc3sccc23)CC(O)C1)C1(CO)CC1. The molecule has 8 heteroatoms. The maximum Gasteiger partial charge on any atom is 0.231 e. The Kier molecular flexibility index (Phi) is 3.90. The molecule has 0 bridgehead atoms. The van der Waals surface area contributed by atoms with E-state index in [1.54, 1.807) is 22.6 Å². The molecule has 0 spiro atoms. The molecule has 1 aliphatic carbocycles. The van der Waals surface area contributed by atoms with Crippen molar-refractivity contribution in [1.82, 2.24) is 14.9 Å². The second-order valence-corrected chi connectivity index (χ2v) is 7.52. The molecule has 3 heterocycles. The summed E-state index contributed by atoms with van der Waals surface area (Å²) in [6, 6.07) is 1.99. The highest BCUT2D eigenvalue weighted by Crippen LogP contribution is 2.46. The molecule has 4 rings (SSSR count). The zero-order chi connectivity index (χ0) is 16.7. The van der Waals surface area contributed by atoms with Crippen molar-refractivity contribution in [2.45, 2.75) is 18.9 Å². The predicted octanol–water partition coefficient (Wildman–Crippen LogP) is 0.473. The minimum absolute atomic E-state index is 0.0331. The molecule has 1 atom stereocenters. The van der Waals surface area contributed by atoms with Crippen molar-refractivity contribution < 1.29 is 15.0 Å². The number of hydrogen-bond acceptors (Lipinski definition) is 7. The van der Waals surface area contributed by atoms with Crippen LogP contribution in [0.15, 0.2) is 17.8 Å². The fraction of sp³-hybridized carbons (Fsp3) is 0.562. The van der Waals surface area contributed by atoms with Crippen molar-refractivity contribution in [2.24, 2.45) is 5.41 Å². The van der Waals surface area contributed by atoms with E-state index in [0.717, 1.165) is 28.9 Å². The Morgan fingerprint density at radius 3 is 2.92 bits per heavy atom. The summed E-state index contributed by atoms with van der Waals surface area (Å²) in [5.74, 6) is 0.771. The first-order valence-electron chi connectivity index (χ1n) is 8.14. The number of aromatic nitrogens is 2. The van der Waals surface area contributed by atoms with E-state index < -0.39 is 11.5 Å². The van der Waals surface area contributed by atoms with Crippen molar-refractivity contribution in [3.8, 4) is 0 Å². The second-order valence-electron chi connectivity index (χ2n) is 6.63. The number of nitrogens with zero attached hydrogens (tertiary/aromatic N) is 4. The van der Waals surface area contributed by atoms with E-state index in [1.807, 2.05) is 16.3 Å². The van der Waals surface area contributed by atoms with Gasteiger partial charge in [0.2, 0.25) is 5.91 Å². The largest absolute Gasteiger partial charge is 0.395 e. The first kappa shape index (κ1) is 15.7. The summed E-state index contributed by atoms with van der Waals surface area (Å²) in [6.07, 6.45) is 2.37. The van der Waals surface area contributed by atoms with E-state index in [1.165, 1.54) is 0 Å². The quantitative estimate of drug-likeness (QED) is 0.838. The third kappa shape index (κ3) is 2.64. The van der Waals surface area contributed by atoms with Gasteiger partial charge in [0.25, 0.3) is 0 Å². The van der Waals surface area contributed by atoms with Gasteiger partial charge in [-0.1, -0.05) is 0 Å². The Morgan fingerprint density at radius 2 is 2.17 bits per heavy atom. The lowest BCUT2D eigenvalue weighted by Gasteiger charge is -2.26. The van der Waals surface area contributed by atoms with Gasteiger partial charge in [-0.15, -0.1) is 11.3 Å². The van der Waals surface area contributed by atoms with Crippen LogP contribution in [0.1, 0.15) is 12.8 Å². The number of aliphatic hydroxyl groups is 2. The zero-order valence-electron chi connectivity index (χ0n) is 13.3. The molecule has 2 aromatic rings. The van der Waals surface area contributed by atoms with E-state index in [0.29, 0.717) is 26.2 Å². The lowest BCUT2D eigenvalue weighted by Crippen LogP contribution is -2.43. The number of amides is 1. The summed E-state index contributed by atoms with van der Waals surface area (Å²) in [5.41, 5.74) is -0.593. The third-order valence-electron chi connectivity index (χ3n) is 4.94. The number of thiophene rings is 1. The number of hydrogen-bond donors (Lipinski definition) is 2. The smallest absolute Gasteiger partial charge is 0.231 e. The fourth-order valence-corrected chi connectivity index (χ4v) is 4.05. The molecular weight excluding hydrogens is 328 g/mol. The third-order valence-corrected chi connectivity index (χ3v) is 5.76. The van der Waals surface area contributed by atoms with Crippen LogP contribution >= 0.6 is 11.3 Å². The molecule has 128 valence electrons. The topological polar surface area (TPSA) is 89.8 Å². The van der Waals surface area contributed by atoms with Gasteiger partial charge in [0.1, 0.15) is 17.0 Å². The number of anilines is 1. The summed E-state index contributed by atoms with van der Waals surface area (Å²) >= 11 is 1.56. The predicted molar refractivity (Wildman–Crippen MR) is 91.0 cm³/mol. The van der Waals surface area contributed by atoms with Crippen molar-refractivity contribution >= 4 is 33.3 Å². The number of rotatable bonds is 3. The molecule has 1 saturated carbocycles. The summed E-state index contributed by atoms with van der Waals surface area (Å²) in [7, 11) is 0. The highest BCUT2D eigenvalue weighted by molar-refractivity contribution is 7.16. The van der Waals surface area contributed by atoms with Gasteiger partial charge in [-0.05, 0) is 24.3 Å². The molecule has 2 fully saturated rings. The van der Waals surface area contributed by atoms with Crippen LogP contribution in [0.5, 0.6) is 0 Å². The van der Waals surface area contributed by atoms with Crippen molar-refractivity contribution in [3.63, 3.8) is 0 Å². The summed E-state index contributed by atoms with van der Waals surface area (Å²) in [5, 5.41) is 22.8. The van der Waals surface area contributed by atoms with E-state index in [2.05, 4.69) is 9.97 Å². The van der Waals surface area contributed by atoms with Crippen molar-refractivity contribution in [1.29, 1.82) is 0 Å². The molecule has 2 aliphatic rings.